The van der Waals surface area contributed by atoms with Crippen LogP contribution in [-0.4, -0.2) is 18.1 Å². The first-order chi connectivity index (χ1) is 9.02. The van der Waals surface area contributed by atoms with Crippen molar-refractivity contribution in [2.24, 2.45) is 0 Å². The van der Waals surface area contributed by atoms with Gasteiger partial charge in [-0.25, -0.2) is 14.2 Å². The van der Waals surface area contributed by atoms with Gasteiger partial charge in [0, 0.05) is 11.8 Å². The predicted octanol–water partition coefficient (Wildman–Crippen LogP) is 2.91. The van der Waals surface area contributed by atoms with Crippen LogP contribution in [0.2, 0.25) is 5.02 Å². The van der Waals surface area contributed by atoms with Crippen LogP contribution in [0.1, 0.15) is 10.4 Å². The van der Waals surface area contributed by atoms with Gasteiger partial charge in [-0.3, -0.25) is 0 Å². The third kappa shape index (κ3) is 2.66. The van der Waals surface area contributed by atoms with Crippen LogP contribution in [-0.2, 0) is 4.74 Å². The number of rotatable bonds is 2. The van der Waals surface area contributed by atoms with Crippen molar-refractivity contribution in [2.75, 3.05) is 12.8 Å². The Hall–Kier alpha value is -2.14. The molecule has 0 radical (unpaired) electrons. The van der Waals surface area contributed by atoms with E-state index in [0.717, 1.165) is 0 Å². The van der Waals surface area contributed by atoms with Gasteiger partial charge in [0.15, 0.2) is 0 Å². The van der Waals surface area contributed by atoms with Crippen LogP contribution in [0.3, 0.4) is 0 Å². The molecule has 0 aliphatic heterocycles. The molecule has 0 bridgehead atoms. The molecule has 1 aromatic carbocycles. The Balaban J connectivity index is 2.61. The lowest BCUT2D eigenvalue weighted by atomic mass is 10.0. The van der Waals surface area contributed by atoms with Gasteiger partial charge >= 0.3 is 5.97 Å². The van der Waals surface area contributed by atoms with Gasteiger partial charge in [-0.2, -0.15) is 0 Å². The van der Waals surface area contributed by atoms with E-state index in [0.29, 0.717) is 11.1 Å². The van der Waals surface area contributed by atoms with Crippen LogP contribution in [0.25, 0.3) is 11.1 Å². The van der Waals surface area contributed by atoms with Crippen LogP contribution in [0.4, 0.5) is 10.2 Å². The Kier molecular flexibility index (Phi) is 3.66. The fourth-order valence-electron chi connectivity index (χ4n) is 1.64. The summed E-state index contributed by atoms with van der Waals surface area (Å²) in [6, 6.07) is 5.60. The Morgan fingerprint density at radius 3 is 2.79 bits per heavy atom. The lowest BCUT2D eigenvalue weighted by Gasteiger charge is -2.09. The molecule has 19 heavy (non-hydrogen) atoms. The van der Waals surface area contributed by atoms with E-state index >= 15 is 0 Å². The number of nitrogens with zero attached hydrogens (tertiary/aromatic N) is 1. The summed E-state index contributed by atoms with van der Waals surface area (Å²) >= 11 is 5.62. The number of methoxy groups -OCH3 is 1. The molecule has 0 saturated carbocycles. The summed E-state index contributed by atoms with van der Waals surface area (Å²) in [6.45, 7) is 0. The van der Waals surface area contributed by atoms with Gasteiger partial charge in [0.1, 0.15) is 11.6 Å². The first kappa shape index (κ1) is 13.3. The van der Waals surface area contributed by atoms with Crippen molar-refractivity contribution in [3.8, 4) is 11.1 Å². The fraction of sp³-hybridized carbons (Fsp3) is 0.0769. The van der Waals surface area contributed by atoms with Crippen LogP contribution in [0, 0.1) is 5.82 Å². The Morgan fingerprint density at radius 1 is 1.42 bits per heavy atom. The lowest BCUT2D eigenvalue weighted by Crippen LogP contribution is -2.06. The highest BCUT2D eigenvalue weighted by Crippen LogP contribution is 2.27. The van der Waals surface area contributed by atoms with E-state index in [2.05, 4.69) is 9.72 Å². The molecule has 0 fully saturated rings. The number of benzene rings is 1. The molecule has 98 valence electrons. The van der Waals surface area contributed by atoms with Gasteiger partial charge < -0.3 is 10.5 Å². The molecule has 0 unspecified atom stereocenters. The maximum absolute atomic E-state index is 13.5. The van der Waals surface area contributed by atoms with Crippen LogP contribution >= 0.6 is 11.6 Å². The largest absolute Gasteiger partial charge is 0.465 e. The first-order valence-corrected chi connectivity index (χ1v) is 5.70. The molecule has 0 saturated heterocycles. The number of carbonyl (C=O) groups excluding carboxylic acids is 1. The van der Waals surface area contributed by atoms with Gasteiger partial charge in [-0.15, -0.1) is 0 Å². The van der Waals surface area contributed by atoms with Crippen molar-refractivity contribution in [2.45, 2.75) is 0 Å². The third-order valence-electron chi connectivity index (χ3n) is 2.56. The molecule has 1 heterocycles. The number of nitrogen functional groups attached to an aromatic ring is 1. The van der Waals surface area contributed by atoms with Crippen LogP contribution < -0.4 is 5.73 Å². The number of aromatic nitrogens is 1. The van der Waals surface area contributed by atoms with Crippen molar-refractivity contribution >= 4 is 23.4 Å². The van der Waals surface area contributed by atoms with E-state index in [1.54, 1.807) is 6.07 Å². The van der Waals surface area contributed by atoms with Crippen molar-refractivity contribution in [1.29, 1.82) is 0 Å². The second-order valence-electron chi connectivity index (χ2n) is 3.78. The Morgan fingerprint density at radius 2 is 2.16 bits per heavy atom. The molecule has 2 N–H and O–H groups in total. The molecule has 2 rings (SSSR count). The molecular formula is C13H10ClFN2O2. The number of halogens is 2. The molecule has 0 atom stereocenters. The number of pyridine rings is 1. The number of anilines is 1. The van der Waals surface area contributed by atoms with Crippen LogP contribution in [0.5, 0.6) is 0 Å². The summed E-state index contributed by atoms with van der Waals surface area (Å²) in [5.74, 6) is -0.968. The Labute approximate surface area is 114 Å². The number of hydrogen-bond donors (Lipinski definition) is 1. The first-order valence-electron chi connectivity index (χ1n) is 5.32. The van der Waals surface area contributed by atoms with Crippen molar-refractivity contribution in [3.05, 3.63) is 46.9 Å². The second kappa shape index (κ2) is 5.24. The van der Waals surface area contributed by atoms with E-state index in [1.807, 2.05) is 0 Å². The molecule has 0 aliphatic rings. The molecule has 0 aliphatic carbocycles. The molecule has 6 heteroatoms. The molecule has 2 aromatic rings. The van der Waals surface area contributed by atoms with Crippen LogP contribution in [0.15, 0.2) is 30.5 Å². The minimum Gasteiger partial charge on any atom is -0.465 e. The second-order valence-corrected chi connectivity index (χ2v) is 4.18. The predicted molar refractivity (Wildman–Crippen MR) is 70.4 cm³/mol. The molecule has 0 amide bonds. The third-order valence-corrected chi connectivity index (χ3v) is 2.87. The summed E-state index contributed by atoms with van der Waals surface area (Å²) < 4.78 is 18.1. The van der Waals surface area contributed by atoms with Crippen molar-refractivity contribution in [3.63, 3.8) is 0 Å². The van der Waals surface area contributed by atoms with Crippen molar-refractivity contribution < 1.29 is 13.9 Å². The van der Waals surface area contributed by atoms with E-state index in [1.165, 1.54) is 31.5 Å². The summed E-state index contributed by atoms with van der Waals surface area (Å²) in [5.41, 5.74) is 6.65. The number of nitrogens with two attached hydrogens (primary N) is 1. The smallest absolute Gasteiger partial charge is 0.338 e. The van der Waals surface area contributed by atoms with E-state index in [-0.39, 0.29) is 16.4 Å². The van der Waals surface area contributed by atoms with E-state index in [9.17, 15) is 9.18 Å². The summed E-state index contributed by atoms with van der Waals surface area (Å²) in [4.78, 5) is 15.6. The number of hydrogen-bond acceptors (Lipinski definition) is 4. The number of ether oxygens (including phenoxy) is 1. The van der Waals surface area contributed by atoms with Gasteiger partial charge in [0.2, 0.25) is 0 Å². The average molecular weight is 281 g/mol. The number of esters is 1. The van der Waals surface area contributed by atoms with Gasteiger partial charge in [-0.1, -0.05) is 17.7 Å². The summed E-state index contributed by atoms with van der Waals surface area (Å²) in [6.07, 6.45) is 1.39. The maximum atomic E-state index is 13.5. The van der Waals surface area contributed by atoms with Gasteiger partial charge in [0.05, 0.1) is 17.7 Å². The SMILES string of the molecule is COC(=O)c1cc(N)ncc1-c1ccc(Cl)c(F)c1. The number of carbonyl (C=O) groups is 1. The topological polar surface area (TPSA) is 65.2 Å². The molecule has 0 spiro atoms. The summed E-state index contributed by atoms with van der Waals surface area (Å²) in [7, 11) is 1.26. The molecule has 4 nitrogen and oxygen atoms in total. The van der Waals surface area contributed by atoms with Gasteiger partial charge in [-0.05, 0) is 23.8 Å². The van der Waals surface area contributed by atoms with E-state index < -0.39 is 11.8 Å². The zero-order valence-corrected chi connectivity index (χ0v) is 10.7. The quantitative estimate of drug-likeness (QED) is 0.859. The lowest BCUT2D eigenvalue weighted by molar-refractivity contribution is 0.0601. The highest BCUT2D eigenvalue weighted by atomic mass is 35.5. The zero-order chi connectivity index (χ0) is 14.0. The fourth-order valence-corrected chi connectivity index (χ4v) is 1.76. The van der Waals surface area contributed by atoms with Crippen molar-refractivity contribution in [1.82, 2.24) is 4.98 Å². The summed E-state index contributed by atoms with van der Waals surface area (Å²) in [5, 5.41) is 0.00627. The average Bonchev–Trinajstić information content (AvgIpc) is 2.41. The monoisotopic (exact) mass is 280 g/mol. The molecular weight excluding hydrogens is 271 g/mol. The zero-order valence-electron chi connectivity index (χ0n) is 9.98. The normalized spacial score (nSPS) is 10.3. The minimum absolute atomic E-state index is 0.00627. The van der Waals surface area contributed by atoms with Gasteiger partial charge in [0.25, 0.3) is 0 Å². The highest BCUT2D eigenvalue weighted by Gasteiger charge is 2.15. The van der Waals surface area contributed by atoms with E-state index in [4.69, 9.17) is 17.3 Å². The maximum Gasteiger partial charge on any atom is 0.338 e. The Bertz CT molecular complexity index is 647. The highest BCUT2D eigenvalue weighted by molar-refractivity contribution is 6.30. The standard InChI is InChI=1S/C13H10ClFN2O2/c1-19-13(18)8-5-12(16)17-6-9(8)7-2-3-10(14)11(15)4-7/h2-6H,1H3,(H2,16,17). The molecule has 1 aromatic heterocycles. The minimum atomic E-state index is -0.577.